The van der Waals surface area contributed by atoms with Crippen LogP contribution in [0.4, 0.5) is 9.18 Å². The maximum Gasteiger partial charge on any atom is 0.293 e. The zero-order valence-electron chi connectivity index (χ0n) is 19.1. The molecule has 0 saturated carbocycles. The summed E-state index contributed by atoms with van der Waals surface area (Å²) in [4.78, 5) is 27.3. The van der Waals surface area contributed by atoms with Crippen LogP contribution in [-0.2, 0) is 17.9 Å². The van der Waals surface area contributed by atoms with Gasteiger partial charge in [-0.15, -0.1) is 0 Å². The van der Waals surface area contributed by atoms with Crippen LogP contribution in [0, 0.1) is 5.82 Å². The molecule has 0 spiro atoms. The van der Waals surface area contributed by atoms with Crippen LogP contribution in [0.25, 0.3) is 17.0 Å². The number of amides is 2. The normalized spacial score (nSPS) is 14.8. The number of benzene rings is 3. The number of hydrogen-bond acceptors (Lipinski definition) is 4. The Morgan fingerprint density at radius 3 is 2.65 bits per heavy atom. The van der Waals surface area contributed by atoms with Gasteiger partial charge in [0, 0.05) is 37.2 Å². The van der Waals surface area contributed by atoms with E-state index in [1.54, 1.807) is 42.5 Å². The summed E-state index contributed by atoms with van der Waals surface area (Å²) in [5.41, 5.74) is 2.32. The van der Waals surface area contributed by atoms with Gasteiger partial charge in [0.2, 0.25) is 0 Å². The van der Waals surface area contributed by atoms with Crippen molar-refractivity contribution in [3.8, 4) is 5.75 Å². The molecular weight excluding hydrogens is 602 g/mol. The van der Waals surface area contributed by atoms with Crippen molar-refractivity contribution < 1.29 is 18.7 Å². The minimum absolute atomic E-state index is 0.0543. The van der Waals surface area contributed by atoms with Gasteiger partial charge in [0.1, 0.15) is 6.61 Å². The lowest BCUT2D eigenvalue weighted by molar-refractivity contribution is -0.123. The molecule has 0 atom stereocenters. The van der Waals surface area contributed by atoms with E-state index >= 15 is 0 Å². The maximum atomic E-state index is 13.9. The number of para-hydroxylation sites is 1. The van der Waals surface area contributed by atoms with Crippen LogP contribution in [-0.4, -0.2) is 27.2 Å². The van der Waals surface area contributed by atoms with Crippen molar-refractivity contribution in [1.29, 1.82) is 0 Å². The number of fused-ring (bicyclic) bond motifs is 1. The van der Waals surface area contributed by atoms with E-state index in [-0.39, 0.29) is 30.0 Å². The molecule has 10 heteroatoms. The van der Waals surface area contributed by atoms with Gasteiger partial charge in [-0.25, -0.2) is 4.39 Å². The standard InChI is InChI=1S/C27H18BrCl2FN2O3S/c28-18-6-8-23-20(12-18)17(14-32(23)9-10-36-24-4-2-1-3-22(24)31)11-25-26(34)33(27(35)37-25)15-16-5-7-19(29)13-21(16)30/h1-8,11-14H,9-10,15H2/b25-11-. The van der Waals surface area contributed by atoms with E-state index in [1.807, 2.05) is 29.0 Å². The van der Waals surface area contributed by atoms with Crippen LogP contribution in [0.3, 0.4) is 0 Å². The highest BCUT2D eigenvalue weighted by Crippen LogP contribution is 2.36. The number of nitrogens with zero attached hydrogens (tertiary/aromatic N) is 2. The van der Waals surface area contributed by atoms with Crippen molar-refractivity contribution >= 4 is 79.0 Å². The van der Waals surface area contributed by atoms with Crippen molar-refractivity contribution in [3.63, 3.8) is 0 Å². The molecule has 2 heterocycles. The molecule has 1 fully saturated rings. The number of thioether (sulfide) groups is 1. The Morgan fingerprint density at radius 2 is 1.86 bits per heavy atom. The molecular formula is C27H18BrCl2FN2O3S. The maximum absolute atomic E-state index is 13.9. The molecule has 5 nitrogen and oxygen atoms in total. The first kappa shape index (κ1) is 25.9. The molecule has 1 aliphatic rings. The van der Waals surface area contributed by atoms with Crippen molar-refractivity contribution in [2.24, 2.45) is 0 Å². The Hall–Kier alpha value is -2.78. The fourth-order valence-electron chi connectivity index (χ4n) is 4.01. The number of hydrogen-bond donors (Lipinski definition) is 0. The van der Waals surface area contributed by atoms with Crippen molar-refractivity contribution in [2.45, 2.75) is 13.1 Å². The van der Waals surface area contributed by atoms with Gasteiger partial charge in [0.05, 0.1) is 18.0 Å². The van der Waals surface area contributed by atoms with E-state index < -0.39 is 5.82 Å². The zero-order valence-corrected chi connectivity index (χ0v) is 23.0. The predicted octanol–water partition coefficient (Wildman–Crippen LogP) is 8.17. The molecule has 1 aromatic heterocycles. The van der Waals surface area contributed by atoms with Gasteiger partial charge in [-0.1, -0.05) is 57.3 Å². The summed E-state index contributed by atoms with van der Waals surface area (Å²) in [5.74, 6) is -0.615. The summed E-state index contributed by atoms with van der Waals surface area (Å²) < 4.78 is 22.4. The van der Waals surface area contributed by atoms with Crippen LogP contribution in [0.2, 0.25) is 10.0 Å². The topological polar surface area (TPSA) is 51.5 Å². The summed E-state index contributed by atoms with van der Waals surface area (Å²) in [6, 6.07) is 17.0. The average Bonchev–Trinajstić information content (AvgIpc) is 3.33. The van der Waals surface area contributed by atoms with Gasteiger partial charge >= 0.3 is 0 Å². The lowest BCUT2D eigenvalue weighted by atomic mass is 10.1. The highest BCUT2D eigenvalue weighted by Gasteiger charge is 2.35. The number of ether oxygens (including phenoxy) is 1. The second kappa shape index (κ2) is 10.9. The van der Waals surface area contributed by atoms with Crippen LogP contribution in [0.5, 0.6) is 5.75 Å². The van der Waals surface area contributed by atoms with E-state index in [1.165, 1.54) is 11.0 Å². The molecule has 2 amide bonds. The van der Waals surface area contributed by atoms with Gasteiger partial charge in [0.15, 0.2) is 11.6 Å². The molecule has 3 aromatic carbocycles. The molecule has 188 valence electrons. The Balaban J connectivity index is 1.40. The monoisotopic (exact) mass is 618 g/mol. The third-order valence-corrected chi connectivity index (χ3v) is 7.79. The molecule has 4 aromatic rings. The van der Waals surface area contributed by atoms with E-state index in [2.05, 4.69) is 15.9 Å². The number of halogens is 4. The number of rotatable bonds is 7. The van der Waals surface area contributed by atoms with Crippen LogP contribution in [0.1, 0.15) is 11.1 Å². The first-order valence-electron chi connectivity index (χ1n) is 11.1. The van der Waals surface area contributed by atoms with Crippen molar-refractivity contribution in [2.75, 3.05) is 6.61 Å². The highest BCUT2D eigenvalue weighted by atomic mass is 79.9. The first-order valence-corrected chi connectivity index (χ1v) is 13.5. The fraction of sp³-hybridized carbons (Fsp3) is 0.111. The largest absolute Gasteiger partial charge is 0.489 e. The van der Waals surface area contributed by atoms with E-state index in [4.69, 9.17) is 27.9 Å². The lowest BCUT2D eigenvalue weighted by Gasteiger charge is -2.13. The number of aromatic nitrogens is 1. The molecule has 0 aliphatic carbocycles. The Morgan fingerprint density at radius 1 is 1.05 bits per heavy atom. The Labute approximate surface area is 234 Å². The van der Waals surface area contributed by atoms with Crippen LogP contribution in [0.15, 0.2) is 76.2 Å². The van der Waals surface area contributed by atoms with Gasteiger partial charge in [-0.3, -0.25) is 14.5 Å². The SMILES string of the molecule is O=C1S/C(=C\c2cn(CCOc3ccccc3F)c3ccc(Br)cc23)C(=O)N1Cc1ccc(Cl)cc1Cl. The second-order valence-corrected chi connectivity index (χ2v) is 11.0. The van der Waals surface area contributed by atoms with Crippen LogP contribution >= 0.6 is 50.9 Å². The summed E-state index contributed by atoms with van der Waals surface area (Å²) in [6.07, 6.45) is 3.61. The molecule has 0 radical (unpaired) electrons. The minimum atomic E-state index is -0.417. The molecule has 1 aliphatic heterocycles. The second-order valence-electron chi connectivity index (χ2n) is 8.22. The third-order valence-electron chi connectivity index (χ3n) is 5.80. The van der Waals surface area contributed by atoms with Crippen LogP contribution < -0.4 is 4.74 Å². The highest BCUT2D eigenvalue weighted by molar-refractivity contribution is 9.10. The zero-order chi connectivity index (χ0) is 26.1. The Bertz CT molecular complexity index is 1570. The Kier molecular flexibility index (Phi) is 7.62. The molecule has 37 heavy (non-hydrogen) atoms. The van der Waals surface area contributed by atoms with Crippen molar-refractivity contribution in [1.82, 2.24) is 9.47 Å². The van der Waals surface area contributed by atoms with Gasteiger partial charge < -0.3 is 9.30 Å². The van der Waals surface area contributed by atoms with E-state index in [0.717, 1.165) is 32.7 Å². The van der Waals surface area contributed by atoms with Crippen molar-refractivity contribution in [3.05, 3.63) is 103 Å². The number of carbonyl (C=O) groups is 2. The summed E-state index contributed by atoms with van der Waals surface area (Å²) in [6.45, 7) is 0.758. The molecule has 0 bridgehead atoms. The third kappa shape index (κ3) is 5.57. The minimum Gasteiger partial charge on any atom is -0.489 e. The number of imide groups is 1. The lowest BCUT2D eigenvalue weighted by Crippen LogP contribution is -2.27. The molecule has 0 unspecified atom stereocenters. The van der Waals surface area contributed by atoms with Gasteiger partial charge in [-0.2, -0.15) is 0 Å². The summed E-state index contributed by atoms with van der Waals surface area (Å²) in [7, 11) is 0. The summed E-state index contributed by atoms with van der Waals surface area (Å²) >= 11 is 16.6. The molecule has 5 rings (SSSR count). The molecule has 0 N–H and O–H groups in total. The van der Waals surface area contributed by atoms with Gasteiger partial charge in [-0.05, 0) is 65.9 Å². The quantitative estimate of drug-likeness (QED) is 0.196. The number of carbonyl (C=O) groups excluding carboxylic acids is 2. The smallest absolute Gasteiger partial charge is 0.293 e. The van der Waals surface area contributed by atoms with Gasteiger partial charge in [0.25, 0.3) is 11.1 Å². The van der Waals surface area contributed by atoms with E-state index in [0.29, 0.717) is 27.1 Å². The molecule has 1 saturated heterocycles. The van der Waals surface area contributed by atoms with E-state index in [9.17, 15) is 14.0 Å². The average molecular weight is 620 g/mol. The predicted molar refractivity (Wildman–Crippen MR) is 150 cm³/mol. The fourth-order valence-corrected chi connectivity index (χ4v) is 5.67. The first-order chi connectivity index (χ1) is 17.8. The summed E-state index contributed by atoms with van der Waals surface area (Å²) in [5, 5.41) is 1.39.